The van der Waals surface area contributed by atoms with Crippen molar-refractivity contribution < 1.29 is 19.1 Å². The van der Waals surface area contributed by atoms with Crippen LogP contribution in [0.4, 0.5) is 4.39 Å². The van der Waals surface area contributed by atoms with E-state index in [-0.39, 0.29) is 17.9 Å². The number of amides is 1. The van der Waals surface area contributed by atoms with Crippen LogP contribution in [0.15, 0.2) is 48.6 Å². The summed E-state index contributed by atoms with van der Waals surface area (Å²) < 4.78 is 17.5. The number of imidazole rings is 1. The maximum Gasteiger partial charge on any atom is 0.295 e. The van der Waals surface area contributed by atoms with Crippen molar-refractivity contribution in [3.8, 4) is 0 Å². The monoisotopic (exact) mass is 437 g/mol. The Morgan fingerprint density at radius 1 is 1.22 bits per heavy atom. The second kappa shape index (κ2) is 8.41. The lowest BCUT2D eigenvalue weighted by Crippen LogP contribution is -2.31. The van der Waals surface area contributed by atoms with Gasteiger partial charge in [-0.05, 0) is 38.0 Å². The summed E-state index contributed by atoms with van der Waals surface area (Å²) in [7, 11) is 1.73. The van der Waals surface area contributed by atoms with Gasteiger partial charge in [-0.25, -0.2) is 9.37 Å². The van der Waals surface area contributed by atoms with Crippen LogP contribution < -0.4 is 0 Å². The van der Waals surface area contributed by atoms with Crippen LogP contribution >= 0.6 is 0 Å². The fraction of sp³-hybridized carbons (Fsp3) is 0.304. The quantitative estimate of drug-likeness (QED) is 0.364. The number of hydrogen-bond donors (Lipinski definition) is 1. The molecule has 1 amide bonds. The summed E-state index contributed by atoms with van der Waals surface area (Å²) in [5, 5.41) is 15.5. The highest BCUT2D eigenvalue weighted by molar-refractivity contribution is 6.46. The number of aliphatic hydroxyl groups is 1. The summed E-state index contributed by atoms with van der Waals surface area (Å²) in [5.41, 5.74) is 1.97. The van der Waals surface area contributed by atoms with Crippen molar-refractivity contribution >= 4 is 17.4 Å². The van der Waals surface area contributed by atoms with Crippen LogP contribution in [0, 0.1) is 19.7 Å². The lowest BCUT2D eigenvalue weighted by atomic mass is 9.94. The van der Waals surface area contributed by atoms with Gasteiger partial charge in [0.25, 0.3) is 11.7 Å². The third-order valence-electron chi connectivity index (χ3n) is 5.82. The first-order valence-corrected chi connectivity index (χ1v) is 10.3. The first-order chi connectivity index (χ1) is 15.3. The van der Waals surface area contributed by atoms with Crippen molar-refractivity contribution in [2.45, 2.75) is 32.9 Å². The summed E-state index contributed by atoms with van der Waals surface area (Å²) in [6, 6.07) is 4.86. The highest BCUT2D eigenvalue weighted by Gasteiger charge is 2.46. The van der Waals surface area contributed by atoms with E-state index in [1.165, 1.54) is 23.1 Å². The highest BCUT2D eigenvalue weighted by Crippen LogP contribution is 2.40. The average molecular weight is 437 g/mol. The van der Waals surface area contributed by atoms with Crippen LogP contribution in [0.25, 0.3) is 5.76 Å². The molecule has 9 heteroatoms. The molecule has 0 unspecified atom stereocenters. The molecule has 0 aliphatic carbocycles. The standard InChI is InChI=1S/C23H24FN5O3/c1-14-18(15(2)27(3)26-14)21(30)19-20(16-6-4-7-17(24)12-16)29(23(32)22(19)31)10-5-9-28-11-8-25-13-28/h4,6-8,11-13,20,30H,5,9-10H2,1-3H3/t20-/m1/s1. The Balaban J connectivity index is 1.79. The SMILES string of the molecule is Cc1nn(C)c(C)c1C(O)=C1C(=O)C(=O)N(CCCn2ccnc2)[C@@H]1c1cccc(F)c1. The molecule has 0 spiro atoms. The smallest absolute Gasteiger partial charge is 0.295 e. The molecule has 166 valence electrons. The molecule has 3 heterocycles. The Bertz CT molecular complexity index is 1210. The van der Waals surface area contributed by atoms with Crippen LogP contribution in [0.1, 0.15) is 35.0 Å². The molecule has 32 heavy (non-hydrogen) atoms. The van der Waals surface area contributed by atoms with Crippen molar-refractivity contribution in [1.29, 1.82) is 0 Å². The number of aromatic nitrogens is 4. The second-order valence-corrected chi connectivity index (χ2v) is 7.87. The number of Topliss-reactive ketones (excluding diaryl/α,β-unsaturated/α-hetero) is 1. The molecule has 3 aromatic rings. The topological polar surface area (TPSA) is 93.2 Å². The Kier molecular flexibility index (Phi) is 5.65. The zero-order valence-electron chi connectivity index (χ0n) is 18.1. The number of nitrogens with zero attached hydrogens (tertiary/aromatic N) is 5. The number of halogens is 1. The second-order valence-electron chi connectivity index (χ2n) is 7.87. The summed E-state index contributed by atoms with van der Waals surface area (Å²) in [5.74, 6) is -2.29. The van der Waals surface area contributed by atoms with E-state index in [0.717, 1.165) is 0 Å². The number of carbonyl (C=O) groups excluding carboxylic acids is 2. The molecule has 4 rings (SSSR count). The fourth-order valence-corrected chi connectivity index (χ4v) is 4.23. The van der Waals surface area contributed by atoms with Gasteiger partial charge >= 0.3 is 0 Å². The summed E-state index contributed by atoms with van der Waals surface area (Å²) in [4.78, 5) is 31.5. The first kappa shape index (κ1) is 21.5. The van der Waals surface area contributed by atoms with E-state index < -0.39 is 23.5 Å². The summed E-state index contributed by atoms with van der Waals surface area (Å²) in [6.45, 7) is 4.35. The van der Waals surface area contributed by atoms with Crippen LogP contribution in [0.5, 0.6) is 0 Å². The summed E-state index contributed by atoms with van der Waals surface area (Å²) in [6.07, 6.45) is 5.70. The molecule has 0 bridgehead atoms. The number of aliphatic hydroxyl groups excluding tert-OH is 1. The largest absolute Gasteiger partial charge is 0.507 e. The molecule has 8 nitrogen and oxygen atoms in total. The number of benzene rings is 1. The van der Waals surface area contributed by atoms with E-state index in [4.69, 9.17) is 0 Å². The average Bonchev–Trinajstić information content (AvgIpc) is 3.42. The lowest BCUT2D eigenvalue weighted by molar-refractivity contribution is -0.139. The van der Waals surface area contributed by atoms with Crippen LogP contribution in [0.2, 0.25) is 0 Å². The number of carbonyl (C=O) groups is 2. The van der Waals surface area contributed by atoms with Crippen molar-refractivity contribution in [2.24, 2.45) is 7.05 Å². The summed E-state index contributed by atoms with van der Waals surface area (Å²) >= 11 is 0. The number of rotatable bonds is 6. The Labute approximate surface area is 184 Å². The van der Waals surface area contributed by atoms with Gasteiger partial charge in [0.1, 0.15) is 11.6 Å². The third-order valence-corrected chi connectivity index (χ3v) is 5.82. The van der Waals surface area contributed by atoms with Gasteiger partial charge in [0.15, 0.2) is 0 Å². The molecular weight excluding hydrogens is 413 g/mol. The Hall–Kier alpha value is -3.75. The normalized spacial score (nSPS) is 18.0. The van der Waals surface area contributed by atoms with E-state index in [1.807, 2.05) is 10.8 Å². The molecule has 0 radical (unpaired) electrons. The zero-order valence-corrected chi connectivity index (χ0v) is 18.1. The van der Waals surface area contributed by atoms with Crippen molar-refractivity contribution in [1.82, 2.24) is 24.2 Å². The molecule has 1 saturated heterocycles. The van der Waals surface area contributed by atoms with Crippen molar-refractivity contribution in [2.75, 3.05) is 6.54 Å². The van der Waals surface area contributed by atoms with Gasteiger partial charge in [-0.15, -0.1) is 0 Å². The lowest BCUT2D eigenvalue weighted by Gasteiger charge is -2.25. The number of aryl methyl sites for hydroxylation is 3. The third kappa shape index (κ3) is 3.70. The molecular formula is C23H24FN5O3. The van der Waals surface area contributed by atoms with E-state index in [0.29, 0.717) is 35.5 Å². The molecule has 1 aliphatic heterocycles. The molecule has 1 aliphatic rings. The van der Waals surface area contributed by atoms with Gasteiger partial charge in [0.05, 0.1) is 29.2 Å². The number of ketones is 1. The highest BCUT2D eigenvalue weighted by atomic mass is 19.1. The van der Waals surface area contributed by atoms with Crippen molar-refractivity contribution in [3.05, 3.63) is 76.9 Å². The molecule has 2 aromatic heterocycles. The van der Waals surface area contributed by atoms with Crippen molar-refractivity contribution in [3.63, 3.8) is 0 Å². The van der Waals surface area contributed by atoms with Gasteiger partial charge in [0, 0.05) is 38.2 Å². The van der Waals surface area contributed by atoms with E-state index >= 15 is 0 Å². The van der Waals surface area contributed by atoms with Gasteiger partial charge in [-0.1, -0.05) is 12.1 Å². The first-order valence-electron chi connectivity index (χ1n) is 10.3. The van der Waals surface area contributed by atoms with Gasteiger partial charge in [0.2, 0.25) is 0 Å². The molecule has 1 fully saturated rings. The molecule has 1 N–H and O–H groups in total. The fourth-order valence-electron chi connectivity index (χ4n) is 4.23. The number of likely N-dealkylation sites (tertiary alicyclic amines) is 1. The van der Waals surface area contributed by atoms with E-state index in [1.54, 1.807) is 44.2 Å². The minimum Gasteiger partial charge on any atom is -0.507 e. The van der Waals surface area contributed by atoms with Crippen LogP contribution in [0.3, 0.4) is 0 Å². The number of hydrogen-bond acceptors (Lipinski definition) is 5. The van der Waals surface area contributed by atoms with E-state index in [9.17, 15) is 19.1 Å². The Morgan fingerprint density at radius 2 is 2.00 bits per heavy atom. The predicted octanol–water partition coefficient (Wildman–Crippen LogP) is 2.88. The van der Waals surface area contributed by atoms with Gasteiger partial charge in [-0.3, -0.25) is 14.3 Å². The van der Waals surface area contributed by atoms with Gasteiger partial charge < -0.3 is 14.6 Å². The molecule has 1 atom stereocenters. The van der Waals surface area contributed by atoms with Crippen LogP contribution in [-0.4, -0.2) is 47.6 Å². The maximum atomic E-state index is 14.1. The predicted molar refractivity (Wildman–Crippen MR) is 115 cm³/mol. The maximum absolute atomic E-state index is 14.1. The Morgan fingerprint density at radius 3 is 2.62 bits per heavy atom. The van der Waals surface area contributed by atoms with Crippen LogP contribution in [-0.2, 0) is 23.2 Å². The molecule has 0 saturated carbocycles. The zero-order chi connectivity index (χ0) is 23.0. The minimum atomic E-state index is -0.896. The van der Waals surface area contributed by atoms with Gasteiger partial charge in [-0.2, -0.15) is 5.10 Å². The minimum absolute atomic E-state index is 0.0533. The molecule has 1 aromatic carbocycles. The van der Waals surface area contributed by atoms with E-state index in [2.05, 4.69) is 10.1 Å².